The van der Waals surface area contributed by atoms with E-state index < -0.39 is 24.3 Å². The third-order valence-electron chi connectivity index (χ3n) is 6.29. The fraction of sp³-hybridized carbons (Fsp3) is 0.370. The van der Waals surface area contributed by atoms with E-state index >= 15 is 0 Å². The monoisotopic (exact) mass is 865 g/mol. The Labute approximate surface area is 204 Å². The van der Waals surface area contributed by atoms with Gasteiger partial charge >= 0.3 is 0 Å². The molecule has 0 aromatic heterocycles. The third kappa shape index (κ3) is 4.50. The molecule has 6 heteroatoms. The smallest absolute Gasteiger partial charge is 0.112 e. The van der Waals surface area contributed by atoms with E-state index in [4.69, 9.17) is 17.3 Å². The van der Waals surface area contributed by atoms with Crippen molar-refractivity contribution >= 4 is 40.2 Å². The molecular weight excluding hydrogens is 836 g/mol. The molecule has 4 atom stereocenters. The average molecular weight is 865 g/mol. The van der Waals surface area contributed by atoms with Gasteiger partial charge in [-0.2, -0.15) is 0 Å². The van der Waals surface area contributed by atoms with E-state index in [9.17, 15) is 5.11 Å². The maximum atomic E-state index is 10.3. The Kier molecular flexibility index (Phi) is 6.90. The summed E-state index contributed by atoms with van der Waals surface area (Å²) >= 11 is 0. The summed E-state index contributed by atoms with van der Waals surface area (Å²) in [5.41, 5.74) is 2.69. The van der Waals surface area contributed by atoms with Gasteiger partial charge in [-0.25, -0.2) is 0 Å². The maximum absolute atomic E-state index is 10.3. The molecule has 5 rings (SSSR count). The van der Waals surface area contributed by atoms with Crippen LogP contribution in [0.25, 0.3) is 32.3 Å². The molecule has 0 saturated carbocycles. The first kappa shape index (κ1) is 25.2. The Morgan fingerprint density at radius 2 is 1.61 bits per heavy atom. The van der Waals surface area contributed by atoms with Crippen LogP contribution in [0.4, 0.5) is 0 Å². The van der Waals surface area contributed by atoms with E-state index in [1.165, 1.54) is 37.9 Å². The SMILES string of the molecule is [B]C1OC([CH2-])C(O)C1OCc1ccc2ccc3cc(CC(C)(C)C)cc4ccc1c2c34.[Re].[Rf]. The molecule has 1 N–H and O–H groups in total. The zero-order chi connectivity index (χ0) is 21.9. The van der Waals surface area contributed by atoms with Gasteiger partial charge in [0.2, 0.25) is 0 Å². The minimum Gasteiger partial charge on any atom is -0.411 e. The van der Waals surface area contributed by atoms with E-state index in [1.807, 2.05) is 0 Å². The van der Waals surface area contributed by atoms with Gasteiger partial charge in [-0.1, -0.05) is 69.3 Å². The number of aliphatic hydroxyl groups excluding tert-OH is 1. The minimum atomic E-state index is -0.823. The molecule has 4 aromatic rings. The van der Waals surface area contributed by atoms with Crippen molar-refractivity contribution in [2.45, 2.75) is 58.1 Å². The van der Waals surface area contributed by atoms with Gasteiger partial charge < -0.3 is 21.5 Å². The molecule has 4 aromatic carbocycles. The molecule has 33 heavy (non-hydrogen) atoms. The second-order valence-corrected chi connectivity index (χ2v) is 10.1. The molecule has 1 heterocycles. The van der Waals surface area contributed by atoms with Crippen LogP contribution < -0.4 is 0 Å². The van der Waals surface area contributed by atoms with Crippen LogP contribution >= 0.6 is 0 Å². The zero-order valence-corrected chi connectivity index (χ0v) is 28.6. The standard InChI is InChI=1S/C27H28BO3.Re.Rf/c1-15-24(29)25(26(28)31-15)30-14-20-8-6-17-5-7-18-11-16(13-27(2,3)4)12-19-9-10-21(20)23(17)22(18)19;;/h5-12,15,24-26,29H,1,13-14H2,2-4H3;;/q-1;;. The van der Waals surface area contributed by atoms with Gasteiger partial charge in [0.1, 0.15) is 14.0 Å². The van der Waals surface area contributed by atoms with Crippen molar-refractivity contribution < 1.29 is 35.0 Å². The number of ether oxygens (including phenoxy) is 2. The Bertz CT molecular complexity index is 1240. The molecule has 1 aliphatic heterocycles. The van der Waals surface area contributed by atoms with Crippen molar-refractivity contribution in [3.63, 3.8) is 0 Å². The quantitative estimate of drug-likeness (QED) is 0.176. The molecular formula is C27H28BO3ReRf-. The molecule has 0 amide bonds. The Balaban J connectivity index is 0.00000153. The molecule has 0 spiro atoms. The van der Waals surface area contributed by atoms with E-state index in [-0.39, 0.29) is 25.8 Å². The van der Waals surface area contributed by atoms with Crippen LogP contribution in [0.3, 0.4) is 0 Å². The van der Waals surface area contributed by atoms with E-state index in [2.05, 4.69) is 76.2 Å². The van der Waals surface area contributed by atoms with Gasteiger partial charge in [0.05, 0.1) is 12.7 Å². The summed E-state index contributed by atoms with van der Waals surface area (Å²) in [4.78, 5) is 0. The summed E-state index contributed by atoms with van der Waals surface area (Å²) in [6.45, 7) is 11.0. The first-order chi connectivity index (χ1) is 14.7. The van der Waals surface area contributed by atoms with Crippen molar-refractivity contribution in [3.8, 4) is 0 Å². The van der Waals surface area contributed by atoms with Crippen LogP contribution in [0.1, 0.15) is 31.9 Å². The first-order valence-corrected chi connectivity index (χ1v) is 10.9. The van der Waals surface area contributed by atoms with Gasteiger partial charge in [0, 0.05) is 26.4 Å². The van der Waals surface area contributed by atoms with Crippen molar-refractivity contribution in [2.24, 2.45) is 5.41 Å². The minimum absolute atomic E-state index is 0. The predicted molar refractivity (Wildman–Crippen MR) is 128 cm³/mol. The molecule has 1 saturated heterocycles. The first-order valence-electron chi connectivity index (χ1n) is 10.9. The molecule has 3 nitrogen and oxygen atoms in total. The average Bonchev–Trinajstić information content (AvgIpc) is 2.94. The summed E-state index contributed by atoms with van der Waals surface area (Å²) in [5.74, 6) is 0. The van der Waals surface area contributed by atoms with Crippen molar-refractivity contribution in [3.05, 3.63) is 66.6 Å². The van der Waals surface area contributed by atoms with Crippen LogP contribution in [0.5, 0.6) is 0 Å². The summed E-state index contributed by atoms with van der Waals surface area (Å²) in [6.07, 6.45) is -0.928. The summed E-state index contributed by atoms with van der Waals surface area (Å²) in [7, 11) is 5.97. The van der Waals surface area contributed by atoms with Crippen molar-refractivity contribution in [1.29, 1.82) is 0 Å². The fourth-order valence-electron chi connectivity index (χ4n) is 4.93. The van der Waals surface area contributed by atoms with Gasteiger partial charge in [0.15, 0.2) is 0 Å². The third-order valence-corrected chi connectivity index (χ3v) is 6.29. The predicted octanol–water partition coefficient (Wildman–Crippen LogP) is 5.14. The Morgan fingerprint density at radius 1 is 1.00 bits per heavy atom. The molecule has 0 aliphatic carbocycles. The molecule has 3 radical (unpaired) electrons. The van der Waals surface area contributed by atoms with Gasteiger partial charge in [-0.05, 0) is 61.4 Å². The molecule has 1 fully saturated rings. The van der Waals surface area contributed by atoms with Gasteiger partial charge in [-0.15, -0.1) is 0 Å². The van der Waals surface area contributed by atoms with Gasteiger partial charge in [0.25, 0.3) is 0 Å². The Morgan fingerprint density at radius 3 is 2.21 bits per heavy atom. The van der Waals surface area contributed by atoms with Gasteiger partial charge in [-0.3, -0.25) is 0 Å². The van der Waals surface area contributed by atoms with Crippen LogP contribution in [0.2, 0.25) is 0 Å². The number of rotatable bonds is 4. The van der Waals surface area contributed by atoms with Crippen LogP contribution in [-0.4, -0.2) is 37.3 Å². The molecule has 1 aliphatic rings. The van der Waals surface area contributed by atoms with E-state index in [1.54, 1.807) is 0 Å². The number of hydrogen-bond donors (Lipinski definition) is 1. The second-order valence-electron chi connectivity index (χ2n) is 10.1. The zero-order valence-electron chi connectivity index (χ0n) is 19.5. The van der Waals surface area contributed by atoms with Crippen LogP contribution in [0.15, 0.2) is 48.5 Å². The largest absolute Gasteiger partial charge is 0.411 e. The molecule has 0 bridgehead atoms. The van der Waals surface area contributed by atoms with Crippen LogP contribution in [-0.2, 0) is 42.9 Å². The van der Waals surface area contributed by atoms with Crippen molar-refractivity contribution in [1.82, 2.24) is 0 Å². The fourth-order valence-corrected chi connectivity index (χ4v) is 4.93. The number of aliphatic hydroxyl groups is 1. The maximum Gasteiger partial charge on any atom is 0.112 e. The summed E-state index contributed by atoms with van der Waals surface area (Å²) < 4.78 is 11.4. The molecule has 4 unspecified atom stereocenters. The van der Waals surface area contributed by atoms with Crippen LogP contribution in [0, 0.1) is 12.3 Å². The number of hydrogen-bond acceptors (Lipinski definition) is 3. The van der Waals surface area contributed by atoms with E-state index in [0.29, 0.717) is 6.61 Å². The molecule has 167 valence electrons. The Hall–Kier alpha value is -2.47. The number of benzene rings is 4. The summed E-state index contributed by atoms with van der Waals surface area (Å²) in [5, 5.41) is 17.8. The topological polar surface area (TPSA) is 38.7 Å². The van der Waals surface area contributed by atoms with Crippen molar-refractivity contribution in [2.75, 3.05) is 0 Å². The van der Waals surface area contributed by atoms with E-state index in [0.717, 1.165) is 12.0 Å². The second kappa shape index (κ2) is 9.05. The summed E-state index contributed by atoms with van der Waals surface area (Å²) in [6, 6.07) is 17.1. The normalized spacial score (nSPS) is 23.2.